The Morgan fingerprint density at radius 2 is 1.79 bits per heavy atom. The fourth-order valence-corrected chi connectivity index (χ4v) is 2.27. The highest BCUT2D eigenvalue weighted by atomic mass is 16.5. The molecule has 0 unspecified atom stereocenters. The number of benzene rings is 1. The number of hydrogen-bond acceptors (Lipinski definition) is 4. The summed E-state index contributed by atoms with van der Waals surface area (Å²) in [5.74, 6) is -0.441. The number of methoxy groups -OCH3 is 1. The lowest BCUT2D eigenvalue weighted by molar-refractivity contribution is 0.0587. The van der Waals surface area contributed by atoms with Crippen molar-refractivity contribution in [2.45, 2.75) is 20.8 Å². The largest absolute Gasteiger partial charge is 0.463 e. The van der Waals surface area contributed by atoms with Crippen molar-refractivity contribution in [3.05, 3.63) is 46.9 Å². The van der Waals surface area contributed by atoms with Crippen LogP contribution in [-0.4, -0.2) is 23.0 Å². The number of esters is 1. The summed E-state index contributed by atoms with van der Waals surface area (Å²) in [6.07, 6.45) is 1.58. The third-order valence-corrected chi connectivity index (χ3v) is 2.96. The Morgan fingerprint density at radius 1 is 1.16 bits per heavy atom. The lowest BCUT2D eigenvalue weighted by Crippen LogP contribution is -2.08. The van der Waals surface area contributed by atoms with E-state index in [1.807, 2.05) is 13.8 Å². The van der Waals surface area contributed by atoms with Gasteiger partial charge in [0.25, 0.3) is 0 Å². The number of aryl methyl sites for hydroxylation is 3. The number of hydrogen-bond donors (Lipinski definition) is 0. The Labute approximate surface area is 112 Å². The second-order valence-corrected chi connectivity index (χ2v) is 4.53. The second kappa shape index (κ2) is 5.18. The normalized spacial score (nSPS) is 10.3. The summed E-state index contributed by atoms with van der Waals surface area (Å²) < 4.78 is 4.64. The van der Waals surface area contributed by atoms with E-state index < -0.39 is 5.97 Å². The summed E-state index contributed by atoms with van der Waals surface area (Å²) in [4.78, 5) is 19.7. The molecule has 0 aliphatic carbocycles. The maximum atomic E-state index is 11.5. The van der Waals surface area contributed by atoms with Gasteiger partial charge in [-0.05, 0) is 38.0 Å². The average Bonchev–Trinajstić information content (AvgIpc) is 2.37. The van der Waals surface area contributed by atoms with Crippen LogP contribution in [-0.2, 0) is 4.74 Å². The van der Waals surface area contributed by atoms with Gasteiger partial charge in [-0.15, -0.1) is 0 Å². The molecule has 0 fully saturated rings. The topological polar surface area (TPSA) is 52.1 Å². The van der Waals surface area contributed by atoms with Gasteiger partial charge in [-0.25, -0.2) is 14.8 Å². The van der Waals surface area contributed by atoms with Crippen LogP contribution in [0.15, 0.2) is 24.4 Å². The van der Waals surface area contributed by atoms with Crippen molar-refractivity contribution in [2.75, 3.05) is 7.11 Å². The van der Waals surface area contributed by atoms with Crippen molar-refractivity contribution in [2.24, 2.45) is 0 Å². The van der Waals surface area contributed by atoms with Crippen LogP contribution in [0, 0.1) is 20.8 Å². The number of carbonyl (C=O) groups is 1. The van der Waals surface area contributed by atoms with Crippen molar-refractivity contribution in [1.29, 1.82) is 0 Å². The van der Waals surface area contributed by atoms with Gasteiger partial charge in [-0.3, -0.25) is 0 Å². The van der Waals surface area contributed by atoms with E-state index in [-0.39, 0.29) is 5.82 Å². The summed E-state index contributed by atoms with van der Waals surface area (Å²) in [5, 5.41) is 0. The van der Waals surface area contributed by atoms with Crippen LogP contribution in [0.3, 0.4) is 0 Å². The molecule has 0 spiro atoms. The zero-order chi connectivity index (χ0) is 14.0. The minimum absolute atomic E-state index is 0.0828. The van der Waals surface area contributed by atoms with E-state index in [0.29, 0.717) is 0 Å². The van der Waals surface area contributed by atoms with Gasteiger partial charge in [-0.2, -0.15) is 0 Å². The van der Waals surface area contributed by atoms with Gasteiger partial charge >= 0.3 is 5.97 Å². The molecular formula is C15H16N2O2. The molecule has 1 heterocycles. The van der Waals surface area contributed by atoms with Gasteiger partial charge in [0, 0.05) is 11.8 Å². The standard InChI is InChI=1S/C15H16N2O2/c1-9-7-10(2)13(11(3)8-9)12-5-6-16-14(17-12)15(18)19-4/h5-8H,1-4H3. The predicted octanol–water partition coefficient (Wildman–Crippen LogP) is 2.86. The Bertz CT molecular complexity index is 613. The number of nitrogens with zero attached hydrogens (tertiary/aromatic N) is 2. The third-order valence-electron chi connectivity index (χ3n) is 2.96. The summed E-state index contributed by atoms with van der Waals surface area (Å²) in [6.45, 7) is 6.13. The molecule has 0 saturated carbocycles. The fraction of sp³-hybridized carbons (Fsp3) is 0.267. The Morgan fingerprint density at radius 3 is 2.37 bits per heavy atom. The molecule has 2 rings (SSSR count). The minimum Gasteiger partial charge on any atom is -0.463 e. The smallest absolute Gasteiger partial charge is 0.376 e. The Hall–Kier alpha value is -2.23. The summed E-state index contributed by atoms with van der Waals surface area (Å²) in [7, 11) is 1.32. The maximum Gasteiger partial charge on any atom is 0.376 e. The molecule has 0 amide bonds. The molecule has 19 heavy (non-hydrogen) atoms. The fourth-order valence-electron chi connectivity index (χ4n) is 2.27. The van der Waals surface area contributed by atoms with Crippen LogP contribution in [0.25, 0.3) is 11.3 Å². The first kappa shape index (κ1) is 13.2. The first-order valence-electron chi connectivity index (χ1n) is 6.02. The zero-order valence-corrected chi connectivity index (χ0v) is 11.5. The molecule has 98 valence electrons. The van der Waals surface area contributed by atoms with Crippen LogP contribution < -0.4 is 0 Å². The molecule has 4 nitrogen and oxygen atoms in total. The highest BCUT2D eigenvalue weighted by Gasteiger charge is 2.13. The average molecular weight is 256 g/mol. The molecule has 0 aliphatic heterocycles. The van der Waals surface area contributed by atoms with E-state index in [1.54, 1.807) is 12.3 Å². The van der Waals surface area contributed by atoms with Gasteiger partial charge in [0.05, 0.1) is 12.8 Å². The number of aromatic nitrogens is 2. The molecule has 0 bridgehead atoms. The summed E-state index contributed by atoms with van der Waals surface area (Å²) >= 11 is 0. The molecule has 4 heteroatoms. The molecule has 0 N–H and O–H groups in total. The van der Waals surface area contributed by atoms with Crippen molar-refractivity contribution < 1.29 is 9.53 Å². The monoisotopic (exact) mass is 256 g/mol. The highest BCUT2D eigenvalue weighted by molar-refractivity contribution is 5.85. The van der Waals surface area contributed by atoms with Crippen LogP contribution in [0.1, 0.15) is 27.3 Å². The zero-order valence-electron chi connectivity index (χ0n) is 11.5. The van der Waals surface area contributed by atoms with E-state index in [1.165, 1.54) is 12.7 Å². The highest BCUT2D eigenvalue weighted by Crippen LogP contribution is 2.26. The van der Waals surface area contributed by atoms with Gasteiger partial charge in [0.1, 0.15) is 0 Å². The minimum atomic E-state index is -0.524. The van der Waals surface area contributed by atoms with Crippen molar-refractivity contribution >= 4 is 5.97 Å². The molecule has 2 aromatic rings. The molecule has 0 radical (unpaired) electrons. The van der Waals surface area contributed by atoms with Crippen molar-refractivity contribution in [1.82, 2.24) is 9.97 Å². The van der Waals surface area contributed by atoms with E-state index >= 15 is 0 Å². The predicted molar refractivity (Wildman–Crippen MR) is 73.0 cm³/mol. The Kier molecular flexibility index (Phi) is 3.60. The van der Waals surface area contributed by atoms with Crippen LogP contribution >= 0.6 is 0 Å². The molecule has 0 aliphatic rings. The molecular weight excluding hydrogens is 240 g/mol. The van der Waals surface area contributed by atoms with Crippen LogP contribution in [0.5, 0.6) is 0 Å². The quantitative estimate of drug-likeness (QED) is 0.775. The van der Waals surface area contributed by atoms with Crippen molar-refractivity contribution in [3.63, 3.8) is 0 Å². The SMILES string of the molecule is COC(=O)c1nccc(-c2c(C)cc(C)cc2C)n1. The van der Waals surface area contributed by atoms with Gasteiger partial charge in [0.2, 0.25) is 5.82 Å². The maximum absolute atomic E-state index is 11.5. The van der Waals surface area contributed by atoms with E-state index in [2.05, 4.69) is 33.8 Å². The summed E-state index contributed by atoms with van der Waals surface area (Å²) in [5.41, 5.74) is 5.25. The van der Waals surface area contributed by atoms with Gasteiger partial charge in [-0.1, -0.05) is 17.7 Å². The van der Waals surface area contributed by atoms with Gasteiger partial charge in [0.15, 0.2) is 0 Å². The second-order valence-electron chi connectivity index (χ2n) is 4.53. The van der Waals surface area contributed by atoms with Crippen LogP contribution in [0.4, 0.5) is 0 Å². The Balaban J connectivity index is 2.57. The third kappa shape index (κ3) is 2.62. The molecule has 1 aromatic heterocycles. The number of rotatable bonds is 2. The van der Waals surface area contributed by atoms with Crippen LogP contribution in [0.2, 0.25) is 0 Å². The first-order valence-corrected chi connectivity index (χ1v) is 6.02. The lowest BCUT2D eigenvalue weighted by Gasteiger charge is -2.11. The van der Waals surface area contributed by atoms with E-state index in [9.17, 15) is 4.79 Å². The molecule has 1 aromatic carbocycles. The summed E-state index contributed by atoms with van der Waals surface area (Å²) in [6, 6.07) is 6.00. The van der Waals surface area contributed by atoms with E-state index in [4.69, 9.17) is 0 Å². The molecule has 0 saturated heterocycles. The van der Waals surface area contributed by atoms with E-state index in [0.717, 1.165) is 22.4 Å². The number of carbonyl (C=O) groups excluding carboxylic acids is 1. The number of ether oxygens (including phenoxy) is 1. The van der Waals surface area contributed by atoms with Crippen molar-refractivity contribution in [3.8, 4) is 11.3 Å². The lowest BCUT2D eigenvalue weighted by atomic mass is 9.97. The van der Waals surface area contributed by atoms with Gasteiger partial charge < -0.3 is 4.74 Å². The molecule has 0 atom stereocenters. The first-order chi connectivity index (χ1) is 9.02.